The summed E-state index contributed by atoms with van der Waals surface area (Å²) in [6, 6.07) is 5.23. The number of carbonyl (C=O) groups excluding carboxylic acids is 1. The van der Waals surface area contributed by atoms with Crippen molar-refractivity contribution in [2.24, 2.45) is 0 Å². The largest absolute Gasteiger partial charge is 0.573 e. The van der Waals surface area contributed by atoms with Crippen molar-refractivity contribution in [3.05, 3.63) is 46.4 Å². The molecule has 0 saturated carbocycles. The monoisotopic (exact) mass is 287 g/mol. The minimum Gasteiger partial charge on any atom is -0.406 e. The molecule has 0 bridgehead atoms. The summed E-state index contributed by atoms with van der Waals surface area (Å²) in [5.74, 6) is -0.423. The number of ether oxygens (including phenoxy) is 1. The van der Waals surface area contributed by atoms with E-state index in [2.05, 4.69) is 9.72 Å². The SMILES string of the molecule is O=C(Cc1ccc(OC(F)(F)F)cc1)c1cncs1. The highest BCUT2D eigenvalue weighted by atomic mass is 32.1. The van der Waals surface area contributed by atoms with Gasteiger partial charge in [-0.3, -0.25) is 9.78 Å². The zero-order valence-corrected chi connectivity index (χ0v) is 10.3. The highest BCUT2D eigenvalue weighted by Crippen LogP contribution is 2.23. The fourth-order valence-corrected chi connectivity index (χ4v) is 2.00. The van der Waals surface area contributed by atoms with Crippen LogP contribution in [0.2, 0.25) is 0 Å². The van der Waals surface area contributed by atoms with Crippen LogP contribution < -0.4 is 4.74 Å². The van der Waals surface area contributed by atoms with Crippen LogP contribution in [0.1, 0.15) is 15.2 Å². The first-order valence-corrected chi connectivity index (χ1v) is 6.08. The summed E-state index contributed by atoms with van der Waals surface area (Å²) in [7, 11) is 0. The van der Waals surface area contributed by atoms with Crippen molar-refractivity contribution in [3.63, 3.8) is 0 Å². The molecular formula is C12H8F3NO2S. The molecule has 0 fully saturated rings. The molecule has 0 N–H and O–H groups in total. The molecule has 0 unspecified atom stereocenters. The Balaban J connectivity index is 2.01. The summed E-state index contributed by atoms with van der Waals surface area (Å²) in [5.41, 5.74) is 2.17. The van der Waals surface area contributed by atoms with Crippen molar-refractivity contribution in [1.29, 1.82) is 0 Å². The number of hydrogen-bond donors (Lipinski definition) is 0. The van der Waals surface area contributed by atoms with Gasteiger partial charge in [0.2, 0.25) is 0 Å². The Morgan fingerprint density at radius 2 is 1.95 bits per heavy atom. The van der Waals surface area contributed by atoms with Gasteiger partial charge in [0.05, 0.1) is 10.4 Å². The van der Waals surface area contributed by atoms with E-state index in [1.165, 1.54) is 41.8 Å². The lowest BCUT2D eigenvalue weighted by Gasteiger charge is -2.08. The summed E-state index contributed by atoms with van der Waals surface area (Å²) < 4.78 is 39.6. The molecule has 0 aliphatic rings. The molecule has 3 nitrogen and oxygen atoms in total. The van der Waals surface area contributed by atoms with E-state index in [0.717, 1.165) is 0 Å². The number of carbonyl (C=O) groups is 1. The van der Waals surface area contributed by atoms with Crippen LogP contribution in [0.5, 0.6) is 5.75 Å². The van der Waals surface area contributed by atoms with Crippen molar-refractivity contribution in [2.45, 2.75) is 12.8 Å². The maximum Gasteiger partial charge on any atom is 0.573 e. The van der Waals surface area contributed by atoms with Crippen LogP contribution in [0.25, 0.3) is 0 Å². The summed E-state index contributed by atoms with van der Waals surface area (Å²) in [6.45, 7) is 0. The number of thiazole rings is 1. The van der Waals surface area contributed by atoms with Crippen molar-refractivity contribution in [3.8, 4) is 5.75 Å². The Morgan fingerprint density at radius 3 is 2.47 bits per heavy atom. The van der Waals surface area contributed by atoms with Gasteiger partial charge in [0.25, 0.3) is 0 Å². The fourth-order valence-electron chi connectivity index (χ4n) is 1.43. The van der Waals surface area contributed by atoms with E-state index in [0.29, 0.717) is 10.4 Å². The molecule has 7 heteroatoms. The molecule has 1 heterocycles. The molecule has 0 amide bonds. The lowest BCUT2D eigenvalue weighted by molar-refractivity contribution is -0.274. The van der Waals surface area contributed by atoms with Crippen molar-refractivity contribution < 1.29 is 22.7 Å². The number of nitrogens with zero attached hydrogens (tertiary/aromatic N) is 1. The third-order valence-corrected chi connectivity index (χ3v) is 3.04. The number of ketones is 1. The van der Waals surface area contributed by atoms with Crippen molar-refractivity contribution in [1.82, 2.24) is 4.98 Å². The van der Waals surface area contributed by atoms with Crippen LogP contribution in [-0.2, 0) is 6.42 Å². The Labute approximate surface area is 110 Å². The fraction of sp³-hybridized carbons (Fsp3) is 0.167. The van der Waals surface area contributed by atoms with E-state index in [4.69, 9.17) is 0 Å². The maximum atomic E-state index is 12.0. The van der Waals surface area contributed by atoms with Gasteiger partial charge in [-0.1, -0.05) is 12.1 Å². The van der Waals surface area contributed by atoms with Gasteiger partial charge in [0.15, 0.2) is 5.78 Å². The molecule has 0 saturated heterocycles. The second-order valence-corrected chi connectivity index (χ2v) is 4.54. The zero-order valence-electron chi connectivity index (χ0n) is 9.48. The van der Waals surface area contributed by atoms with Crippen molar-refractivity contribution in [2.75, 3.05) is 0 Å². The number of Topliss-reactive ketones (excluding diaryl/α,β-unsaturated/α-hetero) is 1. The number of rotatable bonds is 4. The van der Waals surface area contributed by atoms with Gasteiger partial charge < -0.3 is 4.74 Å². The standard InChI is InChI=1S/C12H8F3NO2S/c13-12(14,15)18-9-3-1-8(2-4-9)5-10(17)11-6-16-7-19-11/h1-4,6-7H,5H2. The first kappa shape index (κ1) is 13.5. The molecule has 1 aromatic heterocycles. The average molecular weight is 287 g/mol. The van der Waals surface area contributed by atoms with Crippen LogP contribution in [0, 0.1) is 0 Å². The molecule has 1 aromatic carbocycles. The van der Waals surface area contributed by atoms with Crippen LogP contribution in [0.3, 0.4) is 0 Å². The smallest absolute Gasteiger partial charge is 0.406 e. The van der Waals surface area contributed by atoms with Gasteiger partial charge in [-0.15, -0.1) is 24.5 Å². The average Bonchev–Trinajstić information content (AvgIpc) is 2.83. The van der Waals surface area contributed by atoms with Crippen molar-refractivity contribution >= 4 is 17.1 Å². The number of aromatic nitrogens is 1. The predicted octanol–water partition coefficient (Wildman–Crippen LogP) is 3.47. The molecule has 100 valence electrons. The number of hydrogen-bond acceptors (Lipinski definition) is 4. The molecule has 0 radical (unpaired) electrons. The van der Waals surface area contributed by atoms with E-state index in [1.807, 2.05) is 0 Å². The third kappa shape index (κ3) is 4.06. The van der Waals surface area contributed by atoms with Crippen LogP contribution in [0.4, 0.5) is 13.2 Å². The summed E-state index contributed by atoms with van der Waals surface area (Å²) in [6.07, 6.45) is -3.12. The second-order valence-electron chi connectivity index (χ2n) is 3.66. The summed E-state index contributed by atoms with van der Waals surface area (Å²) in [4.78, 5) is 16.1. The number of benzene rings is 1. The van der Waals surface area contributed by atoms with E-state index < -0.39 is 6.36 Å². The minimum absolute atomic E-state index is 0.119. The Bertz CT molecular complexity index is 549. The first-order chi connectivity index (χ1) is 8.94. The quantitative estimate of drug-likeness (QED) is 0.808. The molecule has 19 heavy (non-hydrogen) atoms. The van der Waals surface area contributed by atoms with E-state index in [1.54, 1.807) is 5.51 Å². The minimum atomic E-state index is -4.71. The third-order valence-electron chi connectivity index (χ3n) is 2.23. The van der Waals surface area contributed by atoms with E-state index in [9.17, 15) is 18.0 Å². The predicted molar refractivity (Wildman–Crippen MR) is 63.3 cm³/mol. The van der Waals surface area contributed by atoms with Gasteiger partial charge in [-0.05, 0) is 17.7 Å². The number of halogens is 3. The highest BCUT2D eigenvalue weighted by Gasteiger charge is 2.30. The molecular weight excluding hydrogens is 279 g/mol. The molecule has 0 aliphatic carbocycles. The Hall–Kier alpha value is -1.89. The molecule has 2 rings (SSSR count). The van der Waals surface area contributed by atoms with Gasteiger partial charge in [-0.25, -0.2) is 0 Å². The van der Waals surface area contributed by atoms with Crippen LogP contribution >= 0.6 is 11.3 Å². The highest BCUT2D eigenvalue weighted by molar-refractivity contribution is 7.11. The lowest BCUT2D eigenvalue weighted by Crippen LogP contribution is -2.17. The lowest BCUT2D eigenvalue weighted by atomic mass is 10.1. The normalized spacial score (nSPS) is 11.3. The van der Waals surface area contributed by atoms with Crippen LogP contribution in [-0.4, -0.2) is 17.1 Å². The van der Waals surface area contributed by atoms with Gasteiger partial charge in [0, 0.05) is 12.6 Å². The Morgan fingerprint density at radius 1 is 1.26 bits per heavy atom. The maximum absolute atomic E-state index is 12.0. The topological polar surface area (TPSA) is 39.2 Å². The number of alkyl halides is 3. The molecule has 2 aromatic rings. The van der Waals surface area contributed by atoms with Gasteiger partial charge in [0.1, 0.15) is 5.75 Å². The Kier molecular flexibility index (Phi) is 3.84. The first-order valence-electron chi connectivity index (χ1n) is 5.20. The molecule has 0 atom stereocenters. The van der Waals surface area contributed by atoms with E-state index in [-0.39, 0.29) is 18.0 Å². The summed E-state index contributed by atoms with van der Waals surface area (Å²) in [5, 5.41) is 0. The molecule has 0 aliphatic heterocycles. The second kappa shape index (κ2) is 5.40. The zero-order chi connectivity index (χ0) is 13.9. The summed E-state index contributed by atoms with van der Waals surface area (Å²) >= 11 is 1.23. The molecule has 0 spiro atoms. The van der Waals surface area contributed by atoms with Crippen LogP contribution in [0.15, 0.2) is 36.0 Å². The van der Waals surface area contributed by atoms with Gasteiger partial charge >= 0.3 is 6.36 Å². The van der Waals surface area contributed by atoms with E-state index >= 15 is 0 Å². The van der Waals surface area contributed by atoms with Gasteiger partial charge in [-0.2, -0.15) is 0 Å².